The standard InChI is InChI=1S/C8H10O6/c9-6(10)5-3-1-2-4(14-3)8(5,13)7(11)12/h3-5,13H,1-2H2,(H,9,10)(H,11,12)/t3-,4-,5-,8-/m1/s1. The fourth-order valence-electron chi connectivity index (χ4n) is 2.33. The molecule has 2 heterocycles. The molecule has 0 aromatic carbocycles. The van der Waals surface area contributed by atoms with Gasteiger partial charge in [0.1, 0.15) is 5.92 Å². The highest BCUT2D eigenvalue weighted by molar-refractivity contribution is 5.87. The lowest BCUT2D eigenvalue weighted by molar-refractivity contribution is -0.176. The van der Waals surface area contributed by atoms with E-state index in [-0.39, 0.29) is 0 Å². The molecule has 0 spiro atoms. The van der Waals surface area contributed by atoms with Gasteiger partial charge < -0.3 is 20.1 Å². The van der Waals surface area contributed by atoms with Crippen molar-refractivity contribution in [1.82, 2.24) is 0 Å². The van der Waals surface area contributed by atoms with Gasteiger partial charge in [-0.1, -0.05) is 0 Å². The molecule has 0 unspecified atom stereocenters. The van der Waals surface area contributed by atoms with Crippen LogP contribution < -0.4 is 0 Å². The normalized spacial score (nSPS) is 45.4. The summed E-state index contributed by atoms with van der Waals surface area (Å²) in [6, 6.07) is 0. The van der Waals surface area contributed by atoms with E-state index in [2.05, 4.69) is 0 Å². The maximum absolute atomic E-state index is 10.8. The first kappa shape index (κ1) is 9.42. The number of hydrogen-bond donors (Lipinski definition) is 3. The van der Waals surface area contributed by atoms with E-state index in [4.69, 9.17) is 14.9 Å². The van der Waals surface area contributed by atoms with E-state index in [0.29, 0.717) is 12.8 Å². The molecule has 2 aliphatic heterocycles. The molecule has 6 nitrogen and oxygen atoms in total. The number of carboxylic acids is 2. The Morgan fingerprint density at radius 2 is 1.93 bits per heavy atom. The molecule has 2 aliphatic rings. The molecule has 6 heteroatoms. The molecule has 78 valence electrons. The second-order valence-corrected chi connectivity index (χ2v) is 3.69. The first-order valence-corrected chi connectivity index (χ1v) is 4.32. The van der Waals surface area contributed by atoms with Crippen molar-refractivity contribution < 1.29 is 29.6 Å². The van der Waals surface area contributed by atoms with Crippen molar-refractivity contribution in [3.63, 3.8) is 0 Å². The van der Waals surface area contributed by atoms with Gasteiger partial charge in [-0.15, -0.1) is 0 Å². The molecule has 0 aromatic rings. The molecule has 0 saturated carbocycles. The van der Waals surface area contributed by atoms with Gasteiger partial charge in [0.15, 0.2) is 0 Å². The summed E-state index contributed by atoms with van der Waals surface area (Å²) in [4.78, 5) is 21.6. The van der Waals surface area contributed by atoms with Crippen molar-refractivity contribution >= 4 is 11.9 Å². The van der Waals surface area contributed by atoms with Crippen LogP contribution in [0.25, 0.3) is 0 Å². The Morgan fingerprint density at radius 3 is 2.36 bits per heavy atom. The SMILES string of the molecule is O=C(O)[C@H]1[C@H]2CC[C@@H](O2)[C@]1(O)C(=O)O. The van der Waals surface area contributed by atoms with Crippen molar-refractivity contribution in [2.75, 3.05) is 0 Å². The summed E-state index contributed by atoms with van der Waals surface area (Å²) in [5.41, 5.74) is -2.26. The highest BCUT2D eigenvalue weighted by Gasteiger charge is 2.66. The Hall–Kier alpha value is -1.14. The van der Waals surface area contributed by atoms with Crippen LogP contribution in [-0.4, -0.2) is 45.1 Å². The Morgan fingerprint density at radius 1 is 1.29 bits per heavy atom. The minimum absolute atomic E-state index is 0.400. The molecular weight excluding hydrogens is 192 g/mol. The van der Waals surface area contributed by atoms with Gasteiger partial charge >= 0.3 is 11.9 Å². The number of rotatable bonds is 2. The van der Waals surface area contributed by atoms with Crippen LogP contribution in [0.4, 0.5) is 0 Å². The number of fused-ring (bicyclic) bond motifs is 2. The zero-order chi connectivity index (χ0) is 10.5. The second-order valence-electron chi connectivity index (χ2n) is 3.69. The van der Waals surface area contributed by atoms with Crippen LogP contribution >= 0.6 is 0 Å². The van der Waals surface area contributed by atoms with Crippen LogP contribution in [0.2, 0.25) is 0 Å². The van der Waals surface area contributed by atoms with Crippen molar-refractivity contribution in [2.24, 2.45) is 5.92 Å². The van der Waals surface area contributed by atoms with Crippen LogP contribution in [0.15, 0.2) is 0 Å². The fraction of sp³-hybridized carbons (Fsp3) is 0.750. The van der Waals surface area contributed by atoms with Crippen LogP contribution in [0.3, 0.4) is 0 Å². The average Bonchev–Trinajstić information content (AvgIpc) is 2.61. The van der Waals surface area contributed by atoms with Crippen LogP contribution in [-0.2, 0) is 14.3 Å². The van der Waals surface area contributed by atoms with Crippen LogP contribution in [0, 0.1) is 5.92 Å². The predicted molar refractivity (Wildman–Crippen MR) is 41.6 cm³/mol. The van der Waals surface area contributed by atoms with E-state index >= 15 is 0 Å². The summed E-state index contributed by atoms with van der Waals surface area (Å²) in [5.74, 6) is -4.18. The fourth-order valence-corrected chi connectivity index (χ4v) is 2.33. The van der Waals surface area contributed by atoms with Gasteiger partial charge in [0.05, 0.1) is 12.2 Å². The lowest BCUT2D eigenvalue weighted by atomic mass is 9.75. The first-order chi connectivity index (χ1) is 6.48. The second kappa shape index (κ2) is 2.68. The topological polar surface area (TPSA) is 104 Å². The molecule has 2 saturated heterocycles. The number of hydrogen-bond acceptors (Lipinski definition) is 4. The van der Waals surface area contributed by atoms with E-state index in [1.54, 1.807) is 0 Å². The predicted octanol–water partition coefficient (Wildman–Crippen LogP) is -0.936. The van der Waals surface area contributed by atoms with Gasteiger partial charge in [0, 0.05) is 0 Å². The van der Waals surface area contributed by atoms with E-state index < -0.39 is 35.7 Å². The summed E-state index contributed by atoms with van der Waals surface area (Å²) < 4.78 is 5.11. The lowest BCUT2D eigenvalue weighted by Gasteiger charge is -2.29. The van der Waals surface area contributed by atoms with Crippen molar-refractivity contribution in [2.45, 2.75) is 30.7 Å². The Kier molecular flexibility index (Phi) is 1.80. The van der Waals surface area contributed by atoms with Gasteiger partial charge in [-0.05, 0) is 12.8 Å². The van der Waals surface area contributed by atoms with Crippen molar-refractivity contribution in [3.8, 4) is 0 Å². The monoisotopic (exact) mass is 202 g/mol. The van der Waals surface area contributed by atoms with Crippen LogP contribution in [0.1, 0.15) is 12.8 Å². The molecular formula is C8H10O6. The molecule has 0 radical (unpaired) electrons. The summed E-state index contributed by atoms with van der Waals surface area (Å²) in [5, 5.41) is 27.4. The molecule has 14 heavy (non-hydrogen) atoms. The lowest BCUT2D eigenvalue weighted by Crippen LogP contribution is -2.56. The quantitative estimate of drug-likeness (QED) is 0.534. The highest BCUT2D eigenvalue weighted by Crippen LogP contribution is 2.46. The zero-order valence-electron chi connectivity index (χ0n) is 7.21. The highest BCUT2D eigenvalue weighted by atomic mass is 16.5. The Labute approximate surface area is 79.1 Å². The van der Waals surface area contributed by atoms with E-state index in [1.165, 1.54) is 0 Å². The maximum Gasteiger partial charge on any atom is 0.339 e. The number of aliphatic carboxylic acids is 2. The summed E-state index contributed by atoms with van der Waals surface area (Å²) in [7, 11) is 0. The Balaban J connectivity index is 2.39. The van der Waals surface area contributed by atoms with Crippen molar-refractivity contribution in [3.05, 3.63) is 0 Å². The maximum atomic E-state index is 10.8. The zero-order valence-corrected chi connectivity index (χ0v) is 7.21. The van der Waals surface area contributed by atoms with Gasteiger partial charge in [-0.3, -0.25) is 4.79 Å². The summed E-state index contributed by atoms with van der Waals surface area (Å²) in [6.07, 6.45) is -0.654. The molecule has 2 fully saturated rings. The van der Waals surface area contributed by atoms with E-state index in [0.717, 1.165) is 0 Å². The Bertz CT molecular complexity index is 300. The van der Waals surface area contributed by atoms with Gasteiger partial charge in [0.25, 0.3) is 0 Å². The van der Waals surface area contributed by atoms with E-state index in [9.17, 15) is 14.7 Å². The number of aliphatic hydroxyl groups is 1. The van der Waals surface area contributed by atoms with Crippen LogP contribution in [0.5, 0.6) is 0 Å². The van der Waals surface area contributed by atoms with Gasteiger partial charge in [0.2, 0.25) is 5.60 Å². The summed E-state index contributed by atoms with van der Waals surface area (Å²) in [6.45, 7) is 0. The number of ether oxygens (including phenoxy) is 1. The molecule has 4 atom stereocenters. The molecule has 0 amide bonds. The third-order valence-corrected chi connectivity index (χ3v) is 3.00. The smallest absolute Gasteiger partial charge is 0.339 e. The minimum Gasteiger partial charge on any atom is -0.481 e. The van der Waals surface area contributed by atoms with Gasteiger partial charge in [-0.2, -0.15) is 0 Å². The molecule has 2 rings (SSSR count). The molecule has 0 aliphatic carbocycles. The number of carbonyl (C=O) groups is 2. The third kappa shape index (κ3) is 0.921. The largest absolute Gasteiger partial charge is 0.481 e. The molecule has 2 bridgehead atoms. The van der Waals surface area contributed by atoms with E-state index in [1.807, 2.05) is 0 Å². The molecule has 0 aromatic heterocycles. The third-order valence-electron chi connectivity index (χ3n) is 3.00. The average molecular weight is 202 g/mol. The van der Waals surface area contributed by atoms with Gasteiger partial charge in [-0.25, -0.2) is 4.79 Å². The first-order valence-electron chi connectivity index (χ1n) is 4.32. The minimum atomic E-state index is -2.26. The molecule has 3 N–H and O–H groups in total. The number of carboxylic acid groups (broad SMARTS) is 2. The summed E-state index contributed by atoms with van der Waals surface area (Å²) >= 11 is 0. The van der Waals surface area contributed by atoms with Crippen molar-refractivity contribution in [1.29, 1.82) is 0 Å².